The predicted molar refractivity (Wildman–Crippen MR) is 112 cm³/mol. The van der Waals surface area contributed by atoms with Crippen molar-refractivity contribution >= 4 is 33.1 Å². The molecular formula is C21H24BrN3O. The van der Waals surface area contributed by atoms with Gasteiger partial charge in [-0.1, -0.05) is 33.7 Å². The van der Waals surface area contributed by atoms with E-state index < -0.39 is 0 Å². The number of pyridine rings is 1. The van der Waals surface area contributed by atoms with Gasteiger partial charge in [0.1, 0.15) is 0 Å². The number of rotatable bonds is 6. The van der Waals surface area contributed by atoms with Gasteiger partial charge in [-0.15, -0.1) is 0 Å². The highest BCUT2D eigenvalue weighted by molar-refractivity contribution is 9.10. The Balaban J connectivity index is 2.14. The summed E-state index contributed by atoms with van der Waals surface area (Å²) >= 11 is 3.48. The standard InChI is InChI=1S/C21H24BrN3O/c1-4-25-21(26)17-10-16(12-24-13-17)9-14(2)5-6-15(3)19-11-18(22)7-8-20(19)23/h5-8,10-13H,4,9,23H2,1-3H3,(H,25,26)/b14-5-,15-6+. The molecule has 2 aromatic rings. The Morgan fingerprint density at radius 2 is 2.00 bits per heavy atom. The number of carbonyl (C=O) groups is 1. The molecule has 0 fully saturated rings. The van der Waals surface area contributed by atoms with Gasteiger partial charge in [-0.05, 0) is 62.6 Å². The summed E-state index contributed by atoms with van der Waals surface area (Å²) in [5.41, 5.74) is 11.7. The largest absolute Gasteiger partial charge is 0.398 e. The topological polar surface area (TPSA) is 68.0 Å². The highest BCUT2D eigenvalue weighted by Gasteiger charge is 2.06. The van der Waals surface area contributed by atoms with Crippen LogP contribution in [0.1, 0.15) is 42.3 Å². The van der Waals surface area contributed by atoms with Crippen molar-refractivity contribution in [1.82, 2.24) is 10.3 Å². The van der Waals surface area contributed by atoms with Crippen LogP contribution in [0.3, 0.4) is 0 Å². The first kappa shape index (κ1) is 19.9. The average molecular weight is 414 g/mol. The first-order valence-electron chi connectivity index (χ1n) is 8.52. The van der Waals surface area contributed by atoms with Crippen LogP contribution in [-0.4, -0.2) is 17.4 Å². The fourth-order valence-corrected chi connectivity index (χ4v) is 2.94. The Bertz CT molecular complexity index is 856. The number of halogens is 1. The maximum Gasteiger partial charge on any atom is 0.252 e. The second kappa shape index (κ2) is 9.34. The van der Waals surface area contributed by atoms with Crippen LogP contribution in [0.15, 0.2) is 58.9 Å². The van der Waals surface area contributed by atoms with Gasteiger partial charge >= 0.3 is 0 Å². The summed E-state index contributed by atoms with van der Waals surface area (Å²) in [7, 11) is 0. The Morgan fingerprint density at radius 1 is 1.23 bits per heavy atom. The van der Waals surface area contributed by atoms with Crippen molar-refractivity contribution in [2.75, 3.05) is 12.3 Å². The van der Waals surface area contributed by atoms with E-state index in [0.717, 1.165) is 33.3 Å². The van der Waals surface area contributed by atoms with E-state index in [0.29, 0.717) is 12.1 Å². The highest BCUT2D eigenvalue weighted by Crippen LogP contribution is 2.25. The Morgan fingerprint density at radius 3 is 2.73 bits per heavy atom. The zero-order valence-electron chi connectivity index (χ0n) is 15.3. The molecule has 2 rings (SSSR count). The molecule has 1 heterocycles. The van der Waals surface area contributed by atoms with E-state index in [1.54, 1.807) is 12.4 Å². The normalized spacial score (nSPS) is 12.2. The summed E-state index contributed by atoms with van der Waals surface area (Å²) in [6.45, 7) is 6.60. The molecule has 0 radical (unpaired) electrons. The first-order chi connectivity index (χ1) is 12.4. The number of hydrogen-bond acceptors (Lipinski definition) is 3. The van der Waals surface area contributed by atoms with E-state index in [9.17, 15) is 4.79 Å². The lowest BCUT2D eigenvalue weighted by Crippen LogP contribution is -2.22. The van der Waals surface area contributed by atoms with E-state index in [-0.39, 0.29) is 5.91 Å². The SMILES string of the molecule is CCNC(=O)c1cncc(C/C(C)=C\C=C(/C)c2cc(Br)ccc2N)c1. The number of benzene rings is 1. The molecule has 136 valence electrons. The van der Waals surface area contributed by atoms with Crippen molar-refractivity contribution in [3.8, 4) is 0 Å². The second-order valence-corrected chi connectivity index (χ2v) is 7.13. The number of carbonyl (C=O) groups excluding carboxylic acids is 1. The summed E-state index contributed by atoms with van der Waals surface area (Å²) in [6.07, 6.45) is 8.26. The van der Waals surface area contributed by atoms with Crippen molar-refractivity contribution in [3.05, 3.63) is 75.5 Å². The summed E-state index contributed by atoms with van der Waals surface area (Å²) in [4.78, 5) is 16.1. The quantitative estimate of drug-likeness (QED) is 0.529. The molecule has 0 aliphatic heterocycles. The number of anilines is 1. The van der Waals surface area contributed by atoms with E-state index in [2.05, 4.69) is 45.3 Å². The fourth-order valence-electron chi connectivity index (χ4n) is 2.58. The number of nitrogens with two attached hydrogens (primary N) is 1. The van der Waals surface area contributed by atoms with Crippen molar-refractivity contribution in [1.29, 1.82) is 0 Å². The molecule has 0 atom stereocenters. The molecule has 0 bridgehead atoms. The van der Waals surface area contributed by atoms with E-state index >= 15 is 0 Å². The van der Waals surface area contributed by atoms with Gasteiger partial charge in [0.15, 0.2) is 0 Å². The number of hydrogen-bond donors (Lipinski definition) is 2. The molecule has 4 nitrogen and oxygen atoms in total. The summed E-state index contributed by atoms with van der Waals surface area (Å²) < 4.78 is 1.00. The highest BCUT2D eigenvalue weighted by atomic mass is 79.9. The molecule has 0 unspecified atom stereocenters. The van der Waals surface area contributed by atoms with Crippen LogP contribution < -0.4 is 11.1 Å². The molecule has 5 heteroatoms. The number of aromatic nitrogens is 1. The monoisotopic (exact) mass is 413 g/mol. The van der Waals surface area contributed by atoms with Crippen LogP contribution in [0.2, 0.25) is 0 Å². The Kier molecular flexibility index (Phi) is 7.16. The molecule has 0 aliphatic carbocycles. The molecule has 0 saturated carbocycles. The summed E-state index contributed by atoms with van der Waals surface area (Å²) in [5, 5.41) is 2.79. The average Bonchev–Trinajstić information content (AvgIpc) is 2.62. The number of amides is 1. The van der Waals surface area contributed by atoms with Crippen LogP contribution >= 0.6 is 15.9 Å². The molecule has 26 heavy (non-hydrogen) atoms. The lowest BCUT2D eigenvalue weighted by molar-refractivity contribution is 0.0955. The third kappa shape index (κ3) is 5.56. The molecule has 0 spiro atoms. The summed E-state index contributed by atoms with van der Waals surface area (Å²) in [6, 6.07) is 7.73. The minimum absolute atomic E-state index is 0.0932. The lowest BCUT2D eigenvalue weighted by Gasteiger charge is -2.07. The maximum atomic E-state index is 11.9. The van der Waals surface area contributed by atoms with Gasteiger partial charge in [0.2, 0.25) is 0 Å². The summed E-state index contributed by atoms with van der Waals surface area (Å²) in [5.74, 6) is -0.0932. The lowest BCUT2D eigenvalue weighted by atomic mass is 10.0. The van der Waals surface area contributed by atoms with Crippen LogP contribution in [0.25, 0.3) is 5.57 Å². The molecule has 0 saturated heterocycles. The van der Waals surface area contributed by atoms with Crippen LogP contribution in [0.4, 0.5) is 5.69 Å². The van der Waals surface area contributed by atoms with Crippen molar-refractivity contribution in [2.45, 2.75) is 27.2 Å². The maximum absolute atomic E-state index is 11.9. The van der Waals surface area contributed by atoms with Gasteiger partial charge in [-0.25, -0.2) is 0 Å². The van der Waals surface area contributed by atoms with Crippen LogP contribution in [-0.2, 0) is 6.42 Å². The molecular weight excluding hydrogens is 390 g/mol. The Hall–Kier alpha value is -2.40. The van der Waals surface area contributed by atoms with E-state index in [1.165, 1.54) is 5.57 Å². The third-order valence-corrected chi connectivity index (χ3v) is 4.43. The zero-order chi connectivity index (χ0) is 19.1. The van der Waals surface area contributed by atoms with Gasteiger partial charge in [0.05, 0.1) is 5.56 Å². The third-order valence-electron chi connectivity index (χ3n) is 3.94. The molecule has 1 aromatic heterocycles. The minimum atomic E-state index is -0.0932. The Labute approximate surface area is 163 Å². The molecule has 1 amide bonds. The number of nitrogens with zero attached hydrogens (tertiary/aromatic N) is 1. The van der Waals surface area contributed by atoms with E-state index in [4.69, 9.17) is 5.73 Å². The van der Waals surface area contributed by atoms with Crippen LogP contribution in [0.5, 0.6) is 0 Å². The van der Waals surface area contributed by atoms with Crippen molar-refractivity contribution < 1.29 is 4.79 Å². The van der Waals surface area contributed by atoms with Crippen molar-refractivity contribution in [3.63, 3.8) is 0 Å². The molecule has 3 N–H and O–H groups in total. The zero-order valence-corrected chi connectivity index (χ0v) is 16.9. The number of allylic oxidation sites excluding steroid dienone is 4. The van der Waals surface area contributed by atoms with Gasteiger partial charge in [-0.3, -0.25) is 9.78 Å². The number of nitrogen functional groups attached to an aromatic ring is 1. The predicted octanol–water partition coefficient (Wildman–Crippen LogP) is 4.77. The van der Waals surface area contributed by atoms with Crippen molar-refractivity contribution in [2.24, 2.45) is 0 Å². The van der Waals surface area contributed by atoms with Gasteiger partial charge in [-0.2, -0.15) is 0 Å². The van der Waals surface area contributed by atoms with Gasteiger partial charge in [0, 0.05) is 34.7 Å². The number of nitrogens with one attached hydrogen (secondary N) is 1. The van der Waals surface area contributed by atoms with E-state index in [1.807, 2.05) is 38.1 Å². The fraction of sp³-hybridized carbons (Fsp3) is 0.238. The van der Waals surface area contributed by atoms with Crippen LogP contribution in [0, 0.1) is 0 Å². The smallest absolute Gasteiger partial charge is 0.252 e. The minimum Gasteiger partial charge on any atom is -0.398 e. The first-order valence-corrected chi connectivity index (χ1v) is 9.31. The second-order valence-electron chi connectivity index (χ2n) is 6.21. The van der Waals surface area contributed by atoms with Gasteiger partial charge in [0.25, 0.3) is 5.91 Å². The van der Waals surface area contributed by atoms with Gasteiger partial charge < -0.3 is 11.1 Å². The molecule has 0 aliphatic rings. The molecule has 1 aromatic carbocycles.